The third kappa shape index (κ3) is 2.52. The quantitative estimate of drug-likeness (QED) is 0.408. The molecular weight excluding hydrogens is 317 g/mol. The largest absolute Gasteiger partial charge is 0.217 e. The maximum atomic E-state index is 13.8. The van der Waals surface area contributed by atoms with Crippen molar-refractivity contribution in [3.8, 4) is 22.8 Å². The van der Waals surface area contributed by atoms with Gasteiger partial charge in [0.25, 0.3) is 0 Å². The number of halogens is 5. The van der Waals surface area contributed by atoms with Gasteiger partial charge in [-0.3, -0.25) is 0 Å². The van der Waals surface area contributed by atoms with Crippen molar-refractivity contribution in [2.45, 2.75) is 0 Å². The SMILES string of the molecule is Fc1c(F)c(F)c(-c2ncnc(-c3ccccc3)n2)c(F)c1F. The summed E-state index contributed by atoms with van der Waals surface area (Å²) in [4.78, 5) is 11.1. The monoisotopic (exact) mass is 323 g/mol. The second-order valence-electron chi connectivity index (χ2n) is 4.44. The minimum absolute atomic E-state index is 0.0412. The first-order chi connectivity index (χ1) is 11.0. The molecule has 0 aliphatic rings. The van der Waals surface area contributed by atoms with Gasteiger partial charge in [-0.2, -0.15) is 0 Å². The van der Waals surface area contributed by atoms with Crippen molar-refractivity contribution in [2.75, 3.05) is 0 Å². The molecule has 0 atom stereocenters. The van der Waals surface area contributed by atoms with E-state index in [1.54, 1.807) is 30.3 Å². The van der Waals surface area contributed by atoms with Crippen molar-refractivity contribution in [3.05, 3.63) is 65.7 Å². The van der Waals surface area contributed by atoms with E-state index in [1.165, 1.54) is 0 Å². The Bertz CT molecular complexity index is 855. The zero-order chi connectivity index (χ0) is 16.6. The minimum atomic E-state index is -2.24. The molecule has 0 N–H and O–H groups in total. The summed E-state index contributed by atoms with van der Waals surface area (Å²) in [6.07, 6.45) is 0.933. The van der Waals surface area contributed by atoms with Crippen LogP contribution in [0.2, 0.25) is 0 Å². The Labute approximate surface area is 126 Å². The smallest absolute Gasteiger partial charge is 0.200 e. The summed E-state index contributed by atoms with van der Waals surface area (Å²) in [5, 5.41) is 0. The van der Waals surface area contributed by atoms with Crippen LogP contribution < -0.4 is 0 Å². The fraction of sp³-hybridized carbons (Fsp3) is 0. The predicted molar refractivity (Wildman–Crippen MR) is 70.5 cm³/mol. The molecule has 0 amide bonds. The average molecular weight is 323 g/mol. The Hall–Kier alpha value is -2.90. The van der Waals surface area contributed by atoms with E-state index in [0.717, 1.165) is 6.33 Å². The molecule has 3 rings (SSSR count). The van der Waals surface area contributed by atoms with Gasteiger partial charge in [-0.05, 0) is 0 Å². The van der Waals surface area contributed by atoms with Gasteiger partial charge in [0.1, 0.15) is 6.33 Å². The van der Waals surface area contributed by atoms with Crippen LogP contribution in [0.15, 0.2) is 36.7 Å². The maximum absolute atomic E-state index is 13.8. The molecule has 0 aliphatic carbocycles. The molecule has 0 unspecified atom stereocenters. The Balaban J connectivity index is 2.21. The van der Waals surface area contributed by atoms with Gasteiger partial charge >= 0.3 is 0 Å². The Kier molecular flexibility index (Phi) is 3.73. The highest BCUT2D eigenvalue weighted by atomic mass is 19.2. The van der Waals surface area contributed by atoms with Crippen LogP contribution in [-0.2, 0) is 0 Å². The van der Waals surface area contributed by atoms with Crippen molar-refractivity contribution in [3.63, 3.8) is 0 Å². The van der Waals surface area contributed by atoms with E-state index in [1.807, 2.05) is 0 Å². The van der Waals surface area contributed by atoms with E-state index in [0.29, 0.717) is 5.56 Å². The van der Waals surface area contributed by atoms with Gasteiger partial charge in [0, 0.05) is 5.56 Å². The van der Waals surface area contributed by atoms with Crippen LogP contribution >= 0.6 is 0 Å². The number of benzene rings is 2. The zero-order valence-electron chi connectivity index (χ0n) is 11.2. The van der Waals surface area contributed by atoms with E-state index in [2.05, 4.69) is 15.0 Å². The van der Waals surface area contributed by atoms with Crippen LogP contribution in [0.3, 0.4) is 0 Å². The summed E-state index contributed by atoms with van der Waals surface area (Å²) in [7, 11) is 0. The fourth-order valence-corrected chi connectivity index (χ4v) is 1.94. The molecule has 0 bridgehead atoms. The molecule has 1 heterocycles. The lowest BCUT2D eigenvalue weighted by molar-refractivity contribution is 0.381. The molecule has 1 aromatic heterocycles. The standard InChI is InChI=1S/C15H6F5N3/c16-9-8(10(17)12(19)13(20)11(9)18)15-22-6-21-14(23-15)7-4-2-1-3-5-7/h1-6H. The van der Waals surface area contributed by atoms with E-state index < -0.39 is 40.5 Å². The summed E-state index contributed by atoms with van der Waals surface area (Å²) in [5.41, 5.74) is -0.694. The molecule has 0 saturated heterocycles. The van der Waals surface area contributed by atoms with Crippen molar-refractivity contribution in [1.82, 2.24) is 15.0 Å². The molecule has 3 nitrogen and oxygen atoms in total. The van der Waals surface area contributed by atoms with E-state index in [-0.39, 0.29) is 5.82 Å². The lowest BCUT2D eigenvalue weighted by Crippen LogP contribution is -2.06. The van der Waals surface area contributed by atoms with Crippen LogP contribution in [-0.4, -0.2) is 15.0 Å². The van der Waals surface area contributed by atoms with Crippen molar-refractivity contribution in [2.24, 2.45) is 0 Å². The molecule has 0 radical (unpaired) electrons. The number of hydrogen-bond acceptors (Lipinski definition) is 3. The number of rotatable bonds is 2. The molecule has 0 aliphatic heterocycles. The molecule has 3 aromatic rings. The second kappa shape index (κ2) is 5.71. The van der Waals surface area contributed by atoms with Gasteiger partial charge in [0.15, 0.2) is 34.9 Å². The topological polar surface area (TPSA) is 38.7 Å². The Morgan fingerprint density at radius 1 is 0.609 bits per heavy atom. The highest BCUT2D eigenvalue weighted by Crippen LogP contribution is 2.29. The average Bonchev–Trinajstić information content (AvgIpc) is 2.59. The van der Waals surface area contributed by atoms with Gasteiger partial charge < -0.3 is 0 Å². The van der Waals surface area contributed by atoms with Crippen molar-refractivity contribution >= 4 is 0 Å². The molecule has 0 saturated carbocycles. The number of hydrogen-bond donors (Lipinski definition) is 0. The van der Waals surface area contributed by atoms with Crippen LogP contribution in [0.25, 0.3) is 22.8 Å². The molecule has 116 valence electrons. The Morgan fingerprint density at radius 3 is 1.74 bits per heavy atom. The summed E-state index contributed by atoms with van der Waals surface area (Å²) in [6, 6.07) is 8.33. The van der Waals surface area contributed by atoms with Crippen LogP contribution in [0, 0.1) is 29.1 Å². The van der Waals surface area contributed by atoms with E-state index in [9.17, 15) is 22.0 Å². The summed E-state index contributed by atoms with van der Waals surface area (Å²) < 4.78 is 67.2. The summed E-state index contributed by atoms with van der Waals surface area (Å²) >= 11 is 0. The predicted octanol–water partition coefficient (Wildman–Crippen LogP) is 3.90. The van der Waals surface area contributed by atoms with Gasteiger partial charge in [0.2, 0.25) is 5.82 Å². The van der Waals surface area contributed by atoms with Crippen LogP contribution in [0.1, 0.15) is 0 Å². The third-order valence-corrected chi connectivity index (χ3v) is 3.04. The van der Waals surface area contributed by atoms with Gasteiger partial charge in [-0.1, -0.05) is 30.3 Å². The molecule has 0 fully saturated rings. The lowest BCUT2D eigenvalue weighted by Gasteiger charge is -2.08. The third-order valence-electron chi connectivity index (χ3n) is 3.04. The minimum Gasteiger partial charge on any atom is -0.217 e. The van der Waals surface area contributed by atoms with Crippen molar-refractivity contribution < 1.29 is 22.0 Å². The number of aromatic nitrogens is 3. The normalized spacial score (nSPS) is 10.8. The second-order valence-corrected chi connectivity index (χ2v) is 4.44. The summed E-state index contributed by atoms with van der Waals surface area (Å²) in [5.74, 6) is -10.9. The Morgan fingerprint density at radius 2 is 1.13 bits per heavy atom. The van der Waals surface area contributed by atoms with Gasteiger partial charge in [0.05, 0.1) is 5.56 Å². The van der Waals surface area contributed by atoms with Gasteiger partial charge in [-0.15, -0.1) is 0 Å². The fourth-order valence-electron chi connectivity index (χ4n) is 1.94. The van der Waals surface area contributed by atoms with E-state index >= 15 is 0 Å². The number of nitrogens with zero attached hydrogens (tertiary/aromatic N) is 3. The molecular formula is C15H6F5N3. The summed E-state index contributed by atoms with van der Waals surface area (Å²) in [6.45, 7) is 0. The molecule has 2 aromatic carbocycles. The highest BCUT2D eigenvalue weighted by molar-refractivity contribution is 5.61. The maximum Gasteiger partial charge on any atom is 0.200 e. The lowest BCUT2D eigenvalue weighted by atomic mass is 10.1. The first-order valence-electron chi connectivity index (χ1n) is 6.27. The molecule has 23 heavy (non-hydrogen) atoms. The first kappa shape index (κ1) is 15.0. The van der Waals surface area contributed by atoms with E-state index in [4.69, 9.17) is 0 Å². The van der Waals surface area contributed by atoms with Crippen molar-refractivity contribution in [1.29, 1.82) is 0 Å². The highest BCUT2D eigenvalue weighted by Gasteiger charge is 2.28. The molecule has 8 heteroatoms. The molecule has 0 spiro atoms. The van der Waals surface area contributed by atoms with Crippen LogP contribution in [0.4, 0.5) is 22.0 Å². The zero-order valence-corrected chi connectivity index (χ0v) is 11.2. The van der Waals surface area contributed by atoms with Gasteiger partial charge in [-0.25, -0.2) is 36.9 Å². The van der Waals surface area contributed by atoms with Crippen LogP contribution in [0.5, 0.6) is 0 Å². The first-order valence-corrected chi connectivity index (χ1v) is 6.27.